The third-order valence-corrected chi connectivity index (χ3v) is 4.98. The molecule has 2 aromatic rings. The van der Waals surface area contributed by atoms with E-state index in [1.54, 1.807) is 12.1 Å². The topological polar surface area (TPSA) is 91.2 Å². The molecule has 0 bridgehead atoms. The van der Waals surface area contributed by atoms with Crippen molar-refractivity contribution in [1.82, 2.24) is 4.98 Å². The molecule has 1 fully saturated rings. The van der Waals surface area contributed by atoms with Gasteiger partial charge >= 0.3 is 0 Å². The second-order valence-electron chi connectivity index (χ2n) is 6.88. The molecular weight excluding hydrogens is 333 g/mol. The first-order valence-corrected chi connectivity index (χ1v) is 9.01. The number of nitrogens with zero attached hydrogens (tertiary/aromatic N) is 1. The average molecular weight is 357 g/mol. The van der Waals surface area contributed by atoms with Gasteiger partial charge in [0, 0.05) is 18.3 Å². The van der Waals surface area contributed by atoms with E-state index in [2.05, 4.69) is 4.98 Å². The van der Waals surface area contributed by atoms with Gasteiger partial charge in [-0.15, -0.1) is 0 Å². The molecule has 0 spiro atoms. The summed E-state index contributed by atoms with van der Waals surface area (Å²) in [7, 11) is 0. The number of nitrogens with two attached hydrogens (primary N) is 2. The van der Waals surface area contributed by atoms with E-state index in [1.165, 1.54) is 50.1 Å². The van der Waals surface area contributed by atoms with E-state index in [0.29, 0.717) is 0 Å². The second kappa shape index (κ2) is 8.27. The fourth-order valence-electron chi connectivity index (χ4n) is 3.41. The van der Waals surface area contributed by atoms with Crippen LogP contribution in [0.5, 0.6) is 11.6 Å². The standard InChI is InChI=1S/C20H24FN3O2/c21-16-11-14(17(22)8-5-13-3-1-2-4-13)6-9-18(16)26-19-10-7-15(12-24-19)20(23)25/h6-7,9-13,17H,1-5,8,22H2,(H2,23,25). The van der Waals surface area contributed by atoms with Crippen molar-refractivity contribution in [3.05, 3.63) is 53.5 Å². The van der Waals surface area contributed by atoms with Crippen molar-refractivity contribution in [2.75, 3.05) is 0 Å². The van der Waals surface area contributed by atoms with Crippen LogP contribution in [-0.4, -0.2) is 10.9 Å². The monoisotopic (exact) mass is 357 g/mol. The average Bonchev–Trinajstić information content (AvgIpc) is 3.15. The van der Waals surface area contributed by atoms with E-state index in [4.69, 9.17) is 16.2 Å². The maximum Gasteiger partial charge on any atom is 0.250 e. The van der Waals surface area contributed by atoms with Crippen LogP contribution in [0.3, 0.4) is 0 Å². The summed E-state index contributed by atoms with van der Waals surface area (Å²) in [5.41, 5.74) is 12.4. The van der Waals surface area contributed by atoms with Gasteiger partial charge in [0.05, 0.1) is 5.56 Å². The van der Waals surface area contributed by atoms with Crippen LogP contribution in [0.4, 0.5) is 4.39 Å². The highest BCUT2D eigenvalue weighted by molar-refractivity contribution is 5.92. The summed E-state index contributed by atoms with van der Waals surface area (Å²) in [6.45, 7) is 0. The van der Waals surface area contributed by atoms with Gasteiger partial charge in [0.2, 0.25) is 11.8 Å². The van der Waals surface area contributed by atoms with Gasteiger partial charge in [-0.25, -0.2) is 9.37 Å². The van der Waals surface area contributed by atoms with Gasteiger partial charge in [0.1, 0.15) is 0 Å². The van der Waals surface area contributed by atoms with Gasteiger partial charge in [-0.3, -0.25) is 4.79 Å². The third kappa shape index (κ3) is 4.58. The minimum Gasteiger partial charge on any atom is -0.436 e. The summed E-state index contributed by atoms with van der Waals surface area (Å²) in [6, 6.07) is 7.55. The molecule has 1 aromatic heterocycles. The summed E-state index contributed by atoms with van der Waals surface area (Å²) >= 11 is 0. The Balaban J connectivity index is 1.61. The number of aromatic nitrogens is 1. The van der Waals surface area contributed by atoms with Crippen molar-refractivity contribution in [1.29, 1.82) is 0 Å². The molecule has 0 radical (unpaired) electrons. The smallest absolute Gasteiger partial charge is 0.250 e. The normalized spacial score (nSPS) is 15.8. The molecule has 5 nitrogen and oxygen atoms in total. The Morgan fingerprint density at radius 2 is 2.04 bits per heavy atom. The number of hydrogen-bond donors (Lipinski definition) is 2. The Morgan fingerprint density at radius 1 is 1.27 bits per heavy atom. The zero-order chi connectivity index (χ0) is 18.5. The molecule has 1 aromatic carbocycles. The number of amides is 1. The molecule has 0 aliphatic heterocycles. The van der Waals surface area contributed by atoms with Gasteiger partial charge in [-0.1, -0.05) is 31.7 Å². The first kappa shape index (κ1) is 18.3. The minimum absolute atomic E-state index is 0.0658. The van der Waals surface area contributed by atoms with E-state index >= 15 is 0 Å². The Hall–Kier alpha value is -2.47. The van der Waals surface area contributed by atoms with Gasteiger partial charge < -0.3 is 16.2 Å². The first-order valence-electron chi connectivity index (χ1n) is 9.01. The maximum absolute atomic E-state index is 14.4. The molecule has 1 aliphatic rings. The molecule has 26 heavy (non-hydrogen) atoms. The maximum atomic E-state index is 14.4. The number of primary amides is 1. The number of hydrogen-bond acceptors (Lipinski definition) is 4. The zero-order valence-corrected chi connectivity index (χ0v) is 14.7. The molecule has 1 atom stereocenters. The van der Waals surface area contributed by atoms with Crippen LogP contribution in [0.25, 0.3) is 0 Å². The number of halogens is 1. The lowest BCUT2D eigenvalue weighted by molar-refractivity contribution is 0.1000. The van der Waals surface area contributed by atoms with Gasteiger partial charge in [-0.2, -0.15) is 0 Å². The Kier molecular flexibility index (Phi) is 5.83. The molecule has 1 heterocycles. The van der Waals surface area contributed by atoms with Crippen LogP contribution in [0, 0.1) is 11.7 Å². The summed E-state index contributed by atoms with van der Waals surface area (Å²) in [5.74, 6) is -0.0445. The predicted octanol–water partition coefficient (Wildman–Crippen LogP) is 4.08. The lowest BCUT2D eigenvalue weighted by Crippen LogP contribution is -2.12. The number of pyridine rings is 1. The molecular formula is C20H24FN3O2. The van der Waals surface area contributed by atoms with E-state index in [9.17, 15) is 9.18 Å². The second-order valence-corrected chi connectivity index (χ2v) is 6.88. The lowest BCUT2D eigenvalue weighted by Gasteiger charge is -2.16. The van der Waals surface area contributed by atoms with Crippen molar-refractivity contribution in [2.45, 2.75) is 44.6 Å². The van der Waals surface area contributed by atoms with Crippen LogP contribution in [0.15, 0.2) is 36.5 Å². The van der Waals surface area contributed by atoms with E-state index in [1.807, 2.05) is 0 Å². The summed E-state index contributed by atoms with van der Waals surface area (Å²) in [6.07, 6.45) is 8.45. The van der Waals surface area contributed by atoms with E-state index < -0.39 is 11.7 Å². The summed E-state index contributed by atoms with van der Waals surface area (Å²) in [4.78, 5) is 15.0. The molecule has 1 unspecified atom stereocenters. The van der Waals surface area contributed by atoms with Crippen LogP contribution in [0.1, 0.15) is 60.5 Å². The highest BCUT2D eigenvalue weighted by Gasteiger charge is 2.17. The molecule has 1 saturated carbocycles. The Labute approximate surface area is 152 Å². The lowest BCUT2D eigenvalue weighted by atomic mass is 9.95. The van der Waals surface area contributed by atoms with Crippen LogP contribution in [0.2, 0.25) is 0 Å². The molecule has 4 N–H and O–H groups in total. The first-order chi connectivity index (χ1) is 12.5. The number of carbonyl (C=O) groups is 1. The zero-order valence-electron chi connectivity index (χ0n) is 14.7. The van der Waals surface area contributed by atoms with Crippen molar-refractivity contribution in [2.24, 2.45) is 17.4 Å². The van der Waals surface area contributed by atoms with Crippen molar-refractivity contribution >= 4 is 5.91 Å². The SMILES string of the molecule is NC(=O)c1ccc(Oc2ccc(C(N)CCC3CCCC3)cc2F)nc1. The number of ether oxygens (including phenoxy) is 1. The number of carbonyl (C=O) groups excluding carboxylic acids is 1. The molecule has 138 valence electrons. The Morgan fingerprint density at radius 3 is 2.65 bits per heavy atom. The molecule has 1 amide bonds. The predicted molar refractivity (Wildman–Crippen MR) is 97.3 cm³/mol. The van der Waals surface area contributed by atoms with Gasteiger partial charge in [-0.05, 0) is 42.5 Å². The van der Waals surface area contributed by atoms with Crippen molar-refractivity contribution < 1.29 is 13.9 Å². The van der Waals surface area contributed by atoms with E-state index in [0.717, 1.165) is 24.3 Å². The molecule has 0 saturated heterocycles. The highest BCUT2D eigenvalue weighted by Crippen LogP contribution is 2.32. The van der Waals surface area contributed by atoms with Crippen LogP contribution in [-0.2, 0) is 0 Å². The van der Waals surface area contributed by atoms with Gasteiger partial charge in [0.15, 0.2) is 11.6 Å². The van der Waals surface area contributed by atoms with Crippen molar-refractivity contribution in [3.8, 4) is 11.6 Å². The summed E-state index contributed by atoms with van der Waals surface area (Å²) < 4.78 is 19.8. The van der Waals surface area contributed by atoms with Gasteiger partial charge in [0.25, 0.3) is 0 Å². The fraction of sp³-hybridized carbons (Fsp3) is 0.400. The largest absolute Gasteiger partial charge is 0.436 e. The molecule has 1 aliphatic carbocycles. The number of benzene rings is 1. The highest BCUT2D eigenvalue weighted by atomic mass is 19.1. The molecule has 6 heteroatoms. The fourth-order valence-corrected chi connectivity index (χ4v) is 3.41. The van der Waals surface area contributed by atoms with Crippen LogP contribution < -0.4 is 16.2 Å². The quantitative estimate of drug-likeness (QED) is 0.781. The Bertz CT molecular complexity index is 758. The van der Waals surface area contributed by atoms with Crippen LogP contribution >= 0.6 is 0 Å². The molecule has 3 rings (SSSR count). The van der Waals surface area contributed by atoms with Crippen molar-refractivity contribution in [3.63, 3.8) is 0 Å². The van der Waals surface area contributed by atoms with E-state index in [-0.39, 0.29) is 23.2 Å². The number of rotatable bonds is 7. The summed E-state index contributed by atoms with van der Waals surface area (Å²) in [5, 5.41) is 0. The minimum atomic E-state index is -0.578. The third-order valence-electron chi connectivity index (χ3n) is 4.98.